The van der Waals surface area contributed by atoms with Crippen molar-refractivity contribution in [3.63, 3.8) is 0 Å². The van der Waals surface area contributed by atoms with Crippen LogP contribution in [-0.2, 0) is 14.2 Å². The van der Waals surface area contributed by atoms with Crippen LogP contribution in [0.5, 0.6) is 0 Å². The summed E-state index contributed by atoms with van der Waals surface area (Å²) in [6, 6.07) is 0.545. The van der Waals surface area contributed by atoms with Crippen molar-refractivity contribution in [2.75, 3.05) is 26.9 Å². The molecule has 24 heavy (non-hydrogen) atoms. The maximum absolute atomic E-state index is 6.36. The largest absolute Gasteiger partial charge is 0.385 e. The second-order valence-electron chi connectivity index (χ2n) is 8.73. The Balaban J connectivity index is 1.68. The summed E-state index contributed by atoms with van der Waals surface area (Å²) in [6.07, 6.45) is 8.08. The lowest BCUT2D eigenvalue weighted by Gasteiger charge is -2.41. The van der Waals surface area contributed by atoms with Gasteiger partial charge in [0.2, 0.25) is 0 Å². The molecule has 1 N–H and O–H groups in total. The van der Waals surface area contributed by atoms with E-state index in [1.165, 1.54) is 12.8 Å². The molecule has 1 spiro atoms. The van der Waals surface area contributed by atoms with E-state index in [9.17, 15) is 0 Å². The number of hydrogen-bond donors (Lipinski definition) is 1. The second kappa shape index (κ2) is 8.98. The predicted octanol–water partition coefficient (Wildman–Crippen LogP) is 4.13. The van der Waals surface area contributed by atoms with Gasteiger partial charge in [-0.2, -0.15) is 0 Å². The fourth-order valence-electron chi connectivity index (χ4n) is 4.10. The normalized spacial score (nSPS) is 32.4. The van der Waals surface area contributed by atoms with Crippen LogP contribution < -0.4 is 5.32 Å². The van der Waals surface area contributed by atoms with E-state index < -0.39 is 0 Å². The highest BCUT2D eigenvalue weighted by Gasteiger charge is 2.45. The van der Waals surface area contributed by atoms with Crippen LogP contribution in [0.25, 0.3) is 0 Å². The average molecular weight is 342 g/mol. The van der Waals surface area contributed by atoms with Crippen LogP contribution in [0.4, 0.5) is 0 Å². The zero-order chi connectivity index (χ0) is 17.6. The zero-order valence-corrected chi connectivity index (χ0v) is 16.5. The van der Waals surface area contributed by atoms with Gasteiger partial charge in [0, 0.05) is 32.6 Å². The summed E-state index contributed by atoms with van der Waals surface area (Å²) in [4.78, 5) is 0. The SMILES string of the molecule is CCC(CCOC)NCCC1COC2(CCC(C(C)(C)C)CC2)O1. The van der Waals surface area contributed by atoms with Crippen LogP contribution in [0, 0.1) is 11.3 Å². The highest BCUT2D eigenvalue weighted by atomic mass is 16.7. The Morgan fingerprint density at radius 2 is 1.96 bits per heavy atom. The minimum absolute atomic E-state index is 0.253. The van der Waals surface area contributed by atoms with Gasteiger partial charge in [-0.1, -0.05) is 27.7 Å². The Kier molecular flexibility index (Phi) is 7.54. The lowest BCUT2D eigenvalue weighted by atomic mass is 9.71. The van der Waals surface area contributed by atoms with Crippen LogP contribution in [0.1, 0.15) is 72.6 Å². The van der Waals surface area contributed by atoms with Gasteiger partial charge in [-0.25, -0.2) is 0 Å². The van der Waals surface area contributed by atoms with Crippen molar-refractivity contribution in [2.24, 2.45) is 11.3 Å². The first-order valence-electron chi connectivity index (χ1n) is 9.92. The lowest BCUT2D eigenvalue weighted by Crippen LogP contribution is -2.39. The van der Waals surface area contributed by atoms with Gasteiger partial charge in [-0.15, -0.1) is 0 Å². The lowest BCUT2D eigenvalue weighted by molar-refractivity contribution is -0.196. The topological polar surface area (TPSA) is 39.7 Å². The monoisotopic (exact) mass is 341 g/mol. The van der Waals surface area contributed by atoms with Gasteiger partial charge < -0.3 is 19.5 Å². The van der Waals surface area contributed by atoms with E-state index >= 15 is 0 Å². The number of ether oxygens (including phenoxy) is 3. The third-order valence-corrected chi connectivity index (χ3v) is 5.95. The van der Waals surface area contributed by atoms with Gasteiger partial charge in [0.25, 0.3) is 0 Å². The minimum Gasteiger partial charge on any atom is -0.385 e. The Morgan fingerprint density at radius 3 is 2.54 bits per heavy atom. The maximum Gasteiger partial charge on any atom is 0.168 e. The molecule has 0 bridgehead atoms. The molecule has 4 heteroatoms. The molecule has 2 aliphatic rings. The van der Waals surface area contributed by atoms with E-state index in [0.29, 0.717) is 11.5 Å². The number of hydrogen-bond acceptors (Lipinski definition) is 4. The van der Waals surface area contributed by atoms with Gasteiger partial charge in [0.15, 0.2) is 5.79 Å². The molecule has 0 aromatic carbocycles. The van der Waals surface area contributed by atoms with Crippen molar-refractivity contribution >= 4 is 0 Å². The molecule has 4 nitrogen and oxygen atoms in total. The molecule has 0 aromatic rings. The van der Waals surface area contributed by atoms with E-state index in [-0.39, 0.29) is 11.9 Å². The minimum atomic E-state index is -0.271. The Labute approximate surface area is 149 Å². The van der Waals surface area contributed by atoms with E-state index in [1.54, 1.807) is 7.11 Å². The number of rotatable bonds is 8. The first kappa shape index (κ1) is 20.2. The first-order valence-corrected chi connectivity index (χ1v) is 9.92. The molecule has 1 saturated carbocycles. The van der Waals surface area contributed by atoms with Crippen molar-refractivity contribution in [1.82, 2.24) is 5.32 Å². The standard InChI is InChI=1S/C20H39NO3/c1-6-17(10-14-22-5)21-13-9-18-15-23-20(24-18)11-7-16(8-12-20)19(2,3)4/h16-18,21H,6-15H2,1-5H3. The fourth-order valence-corrected chi connectivity index (χ4v) is 4.10. The predicted molar refractivity (Wildman–Crippen MR) is 98.2 cm³/mol. The molecule has 1 heterocycles. The summed E-state index contributed by atoms with van der Waals surface area (Å²) in [5.41, 5.74) is 0.404. The molecule has 1 aliphatic carbocycles. The van der Waals surface area contributed by atoms with Crippen LogP contribution in [0.15, 0.2) is 0 Å². The Morgan fingerprint density at radius 1 is 1.25 bits per heavy atom. The van der Waals surface area contributed by atoms with Crippen LogP contribution >= 0.6 is 0 Å². The fraction of sp³-hybridized carbons (Fsp3) is 1.00. The molecule has 2 atom stereocenters. The number of methoxy groups -OCH3 is 1. The molecule has 1 saturated heterocycles. The van der Waals surface area contributed by atoms with E-state index in [4.69, 9.17) is 14.2 Å². The third-order valence-electron chi connectivity index (χ3n) is 5.95. The van der Waals surface area contributed by atoms with Gasteiger partial charge in [0.1, 0.15) is 0 Å². The highest BCUT2D eigenvalue weighted by molar-refractivity contribution is 4.89. The second-order valence-corrected chi connectivity index (χ2v) is 8.73. The van der Waals surface area contributed by atoms with Crippen molar-refractivity contribution in [2.45, 2.75) is 90.6 Å². The zero-order valence-electron chi connectivity index (χ0n) is 16.5. The van der Waals surface area contributed by atoms with E-state index in [1.807, 2.05) is 0 Å². The van der Waals surface area contributed by atoms with Gasteiger partial charge in [0.05, 0.1) is 12.7 Å². The third kappa shape index (κ3) is 5.69. The van der Waals surface area contributed by atoms with Crippen molar-refractivity contribution in [3.8, 4) is 0 Å². The maximum atomic E-state index is 6.36. The van der Waals surface area contributed by atoms with E-state index in [2.05, 4.69) is 33.0 Å². The van der Waals surface area contributed by atoms with Crippen LogP contribution in [-0.4, -0.2) is 44.8 Å². The number of nitrogens with one attached hydrogen (secondary N) is 1. The van der Waals surface area contributed by atoms with Gasteiger partial charge >= 0.3 is 0 Å². The molecule has 142 valence electrons. The van der Waals surface area contributed by atoms with Gasteiger partial charge in [-0.05, 0) is 50.0 Å². The summed E-state index contributed by atoms with van der Waals surface area (Å²) >= 11 is 0. The van der Waals surface area contributed by atoms with Crippen molar-refractivity contribution in [1.29, 1.82) is 0 Å². The summed E-state index contributed by atoms with van der Waals surface area (Å²) in [7, 11) is 1.77. The highest BCUT2D eigenvalue weighted by Crippen LogP contribution is 2.45. The average Bonchev–Trinajstić information content (AvgIpc) is 2.93. The summed E-state index contributed by atoms with van der Waals surface area (Å²) in [5.74, 6) is 0.522. The molecule has 1 aliphatic heterocycles. The summed E-state index contributed by atoms with van der Waals surface area (Å²) in [5, 5.41) is 3.63. The van der Waals surface area contributed by atoms with Crippen LogP contribution in [0.2, 0.25) is 0 Å². The first-order chi connectivity index (χ1) is 11.4. The molecule has 2 fully saturated rings. The molecule has 0 aromatic heterocycles. The molecule has 0 radical (unpaired) electrons. The van der Waals surface area contributed by atoms with Crippen molar-refractivity contribution < 1.29 is 14.2 Å². The molecule has 0 amide bonds. The summed E-state index contributed by atoms with van der Waals surface area (Å²) in [6.45, 7) is 11.9. The van der Waals surface area contributed by atoms with Crippen LogP contribution in [0.3, 0.4) is 0 Å². The smallest absolute Gasteiger partial charge is 0.168 e. The molecule has 2 unspecified atom stereocenters. The summed E-state index contributed by atoms with van der Waals surface area (Å²) < 4.78 is 17.7. The van der Waals surface area contributed by atoms with Crippen molar-refractivity contribution in [3.05, 3.63) is 0 Å². The molecule has 2 rings (SSSR count). The van der Waals surface area contributed by atoms with Gasteiger partial charge in [-0.3, -0.25) is 0 Å². The Hall–Kier alpha value is -0.160. The van der Waals surface area contributed by atoms with E-state index in [0.717, 1.165) is 57.8 Å². The molecular formula is C20H39NO3. The quantitative estimate of drug-likeness (QED) is 0.720. The molecular weight excluding hydrogens is 302 g/mol. The Bertz CT molecular complexity index is 358.